The van der Waals surface area contributed by atoms with E-state index in [1.54, 1.807) is 13.1 Å². The topological polar surface area (TPSA) is 99.1 Å². The van der Waals surface area contributed by atoms with E-state index in [1.807, 2.05) is 0 Å². The first-order chi connectivity index (χ1) is 13.4. The van der Waals surface area contributed by atoms with Crippen molar-refractivity contribution in [3.63, 3.8) is 0 Å². The fourth-order valence-corrected chi connectivity index (χ4v) is 3.64. The largest absolute Gasteiger partial charge is 0.478 e. The van der Waals surface area contributed by atoms with Crippen molar-refractivity contribution in [2.24, 2.45) is 4.99 Å². The number of aliphatic imine (C=N–C) groups is 1. The minimum Gasteiger partial charge on any atom is -0.478 e. The lowest BCUT2D eigenvalue weighted by Crippen LogP contribution is -2.32. The molecule has 144 valence electrons. The van der Waals surface area contributed by atoms with E-state index in [9.17, 15) is 18.8 Å². The molecule has 1 atom stereocenters. The molecule has 2 aromatic carbocycles. The number of amides is 2. The van der Waals surface area contributed by atoms with Gasteiger partial charge in [0, 0.05) is 13.5 Å². The Balaban J connectivity index is 1.78. The summed E-state index contributed by atoms with van der Waals surface area (Å²) in [5, 5.41) is 11.5. The van der Waals surface area contributed by atoms with Crippen molar-refractivity contribution >= 4 is 46.1 Å². The Morgan fingerprint density at radius 3 is 2.57 bits per heavy atom. The highest BCUT2D eigenvalue weighted by Gasteiger charge is 2.40. The first-order valence-corrected chi connectivity index (χ1v) is 9.16. The van der Waals surface area contributed by atoms with Crippen LogP contribution in [0.4, 0.5) is 15.8 Å². The van der Waals surface area contributed by atoms with Gasteiger partial charge in [-0.2, -0.15) is 0 Å². The van der Waals surface area contributed by atoms with Crippen LogP contribution < -0.4 is 10.2 Å². The van der Waals surface area contributed by atoms with Gasteiger partial charge in [0.25, 0.3) is 0 Å². The smallest absolute Gasteiger partial charge is 0.335 e. The van der Waals surface area contributed by atoms with E-state index >= 15 is 0 Å². The molecule has 2 N–H and O–H groups in total. The molecular weight excluding hydrogens is 385 g/mol. The van der Waals surface area contributed by atoms with Gasteiger partial charge in [-0.3, -0.25) is 9.59 Å². The van der Waals surface area contributed by atoms with Crippen molar-refractivity contribution < 1.29 is 23.9 Å². The number of rotatable bonds is 4. The molecule has 1 fully saturated rings. The van der Waals surface area contributed by atoms with Crippen LogP contribution in [0.3, 0.4) is 0 Å². The van der Waals surface area contributed by atoms with Crippen molar-refractivity contribution in [1.82, 2.24) is 5.32 Å². The van der Waals surface area contributed by atoms with E-state index in [1.165, 1.54) is 42.5 Å². The molecule has 0 aromatic heterocycles. The van der Waals surface area contributed by atoms with Crippen LogP contribution in [0.25, 0.3) is 0 Å². The summed E-state index contributed by atoms with van der Waals surface area (Å²) in [6, 6.07) is 11.2. The number of nitrogens with one attached hydrogen (secondary N) is 1. The summed E-state index contributed by atoms with van der Waals surface area (Å²) in [6.07, 6.45) is -0.0198. The van der Waals surface area contributed by atoms with E-state index < -0.39 is 22.9 Å². The molecule has 2 amide bonds. The standard InChI is InChI=1S/C19H16FN3O4S/c1-21-19(22-13-4-2-3-12(20)9-13)28-15-10-16(24)23(17(15)25)14-7-5-11(6-8-14)18(26)27/h2-9,15H,10H2,1H3,(H,21,22)(H,26,27). The van der Waals surface area contributed by atoms with Crippen LogP contribution in [0.15, 0.2) is 53.5 Å². The summed E-state index contributed by atoms with van der Waals surface area (Å²) in [7, 11) is 1.62. The van der Waals surface area contributed by atoms with Gasteiger partial charge in [0.05, 0.1) is 16.9 Å². The van der Waals surface area contributed by atoms with Gasteiger partial charge in [-0.1, -0.05) is 17.8 Å². The number of anilines is 1. The maximum absolute atomic E-state index is 13.3. The van der Waals surface area contributed by atoms with Crippen LogP contribution in [-0.4, -0.2) is 40.4 Å². The molecule has 0 radical (unpaired) electrons. The Kier molecular flexibility index (Phi) is 5.74. The molecule has 1 aliphatic heterocycles. The van der Waals surface area contributed by atoms with Gasteiger partial charge in [-0.15, -0.1) is 0 Å². The van der Waals surface area contributed by atoms with Gasteiger partial charge in [0.15, 0.2) is 5.17 Å². The molecule has 0 saturated carbocycles. The summed E-state index contributed by atoms with van der Waals surface area (Å²) in [6.45, 7) is 0. The molecule has 3 rings (SSSR count). The zero-order valence-electron chi connectivity index (χ0n) is 14.8. The monoisotopic (exact) mass is 401 g/mol. The highest BCUT2D eigenvalue weighted by atomic mass is 32.2. The third-order valence-electron chi connectivity index (χ3n) is 3.98. The predicted molar refractivity (Wildman–Crippen MR) is 104 cm³/mol. The second-order valence-electron chi connectivity index (χ2n) is 5.88. The number of carbonyl (C=O) groups is 3. The van der Waals surface area contributed by atoms with Gasteiger partial charge in [0.1, 0.15) is 11.1 Å². The van der Waals surface area contributed by atoms with E-state index in [2.05, 4.69) is 10.3 Å². The van der Waals surface area contributed by atoms with Gasteiger partial charge in [-0.05, 0) is 42.5 Å². The molecule has 1 unspecified atom stereocenters. The highest BCUT2D eigenvalue weighted by molar-refractivity contribution is 8.15. The molecule has 1 heterocycles. The number of aromatic carboxylic acids is 1. The fourth-order valence-electron chi connectivity index (χ4n) is 2.66. The maximum Gasteiger partial charge on any atom is 0.335 e. The summed E-state index contributed by atoms with van der Waals surface area (Å²) in [4.78, 5) is 41.3. The summed E-state index contributed by atoms with van der Waals surface area (Å²) >= 11 is 1.08. The first kappa shape index (κ1) is 19.6. The summed E-state index contributed by atoms with van der Waals surface area (Å²) in [5.41, 5.74) is 0.763. The Labute approximate surface area is 164 Å². The molecule has 7 nitrogen and oxygen atoms in total. The lowest BCUT2D eigenvalue weighted by atomic mass is 10.2. The van der Waals surface area contributed by atoms with Crippen molar-refractivity contribution in [2.75, 3.05) is 11.9 Å². The Morgan fingerprint density at radius 1 is 1.25 bits per heavy atom. The third-order valence-corrected chi connectivity index (χ3v) is 5.16. The molecule has 9 heteroatoms. The number of carboxylic acids is 1. The van der Waals surface area contributed by atoms with Crippen LogP contribution in [-0.2, 0) is 9.59 Å². The van der Waals surface area contributed by atoms with Crippen molar-refractivity contribution in [3.8, 4) is 0 Å². The molecule has 2 aromatic rings. The van der Waals surface area contributed by atoms with Crippen molar-refractivity contribution in [3.05, 3.63) is 59.9 Å². The van der Waals surface area contributed by atoms with E-state index in [0.29, 0.717) is 16.5 Å². The molecule has 1 aliphatic rings. The molecular formula is C19H16FN3O4S. The van der Waals surface area contributed by atoms with Crippen molar-refractivity contribution in [2.45, 2.75) is 11.7 Å². The maximum atomic E-state index is 13.3. The second kappa shape index (κ2) is 8.22. The molecule has 0 aliphatic carbocycles. The molecule has 0 spiro atoms. The van der Waals surface area contributed by atoms with Crippen LogP contribution in [0.1, 0.15) is 16.8 Å². The van der Waals surface area contributed by atoms with E-state index in [4.69, 9.17) is 5.11 Å². The zero-order valence-corrected chi connectivity index (χ0v) is 15.6. The number of hydrogen-bond acceptors (Lipinski definition) is 5. The summed E-state index contributed by atoms with van der Waals surface area (Å²) < 4.78 is 13.3. The number of halogens is 1. The van der Waals surface area contributed by atoms with Crippen molar-refractivity contribution in [1.29, 1.82) is 0 Å². The minimum atomic E-state index is -1.09. The van der Waals surface area contributed by atoms with Gasteiger partial charge in [0.2, 0.25) is 11.8 Å². The minimum absolute atomic E-state index is 0.0198. The lowest BCUT2D eigenvalue weighted by Gasteiger charge is -2.15. The number of carbonyl (C=O) groups excluding carboxylic acids is 2. The van der Waals surface area contributed by atoms with Gasteiger partial charge in [-0.25, -0.2) is 19.1 Å². The number of nitrogens with zero attached hydrogens (tertiary/aromatic N) is 2. The number of thioether (sulfide) groups is 1. The molecule has 28 heavy (non-hydrogen) atoms. The van der Waals surface area contributed by atoms with Gasteiger partial charge >= 0.3 is 5.97 Å². The van der Waals surface area contributed by atoms with Crippen LogP contribution in [0, 0.1) is 5.82 Å². The van der Waals surface area contributed by atoms with Crippen LogP contribution in [0.5, 0.6) is 0 Å². The average Bonchev–Trinajstić information content (AvgIpc) is 2.94. The SMILES string of the molecule is CN/C(=N/c1cccc(F)c1)SC1CC(=O)N(c2ccc(C(=O)O)cc2)C1=O. The second-order valence-corrected chi connectivity index (χ2v) is 7.07. The Bertz CT molecular complexity index is 962. The zero-order chi connectivity index (χ0) is 20.3. The Hall–Kier alpha value is -3.20. The molecule has 1 saturated heterocycles. The molecule has 0 bridgehead atoms. The number of hydrogen-bond donors (Lipinski definition) is 2. The van der Waals surface area contributed by atoms with Crippen LogP contribution >= 0.6 is 11.8 Å². The van der Waals surface area contributed by atoms with E-state index in [0.717, 1.165) is 16.7 Å². The predicted octanol–water partition coefficient (Wildman–Crippen LogP) is 2.80. The lowest BCUT2D eigenvalue weighted by molar-refractivity contribution is -0.121. The normalized spacial score (nSPS) is 17.1. The third kappa shape index (κ3) is 4.20. The number of carboxylic acid groups (broad SMARTS) is 1. The average molecular weight is 401 g/mol. The first-order valence-electron chi connectivity index (χ1n) is 8.28. The Morgan fingerprint density at radius 2 is 1.96 bits per heavy atom. The highest BCUT2D eigenvalue weighted by Crippen LogP contribution is 2.31. The van der Waals surface area contributed by atoms with E-state index in [-0.39, 0.29) is 17.9 Å². The number of imide groups is 1. The number of amidine groups is 1. The fraction of sp³-hybridized carbons (Fsp3) is 0.158. The quantitative estimate of drug-likeness (QED) is 0.464. The van der Waals surface area contributed by atoms with Crippen LogP contribution in [0.2, 0.25) is 0 Å². The summed E-state index contributed by atoms with van der Waals surface area (Å²) in [5.74, 6) is -2.32. The number of benzene rings is 2. The van der Waals surface area contributed by atoms with Gasteiger partial charge < -0.3 is 10.4 Å².